The molecule has 0 amide bonds. The summed E-state index contributed by atoms with van der Waals surface area (Å²) in [6.07, 6.45) is 1.93. The Bertz CT molecular complexity index is 1090. The molecule has 4 rings (SSSR count). The van der Waals surface area contributed by atoms with Crippen molar-refractivity contribution in [3.05, 3.63) is 65.9 Å². The lowest BCUT2D eigenvalue weighted by Gasteiger charge is -2.34. The topological polar surface area (TPSA) is 72.4 Å². The van der Waals surface area contributed by atoms with Crippen LogP contribution in [0.25, 0.3) is 22.4 Å². The van der Waals surface area contributed by atoms with Crippen LogP contribution in [0.4, 0.5) is 5.69 Å². The Labute approximate surface area is 176 Å². The number of rotatable bonds is 4. The van der Waals surface area contributed by atoms with E-state index in [-0.39, 0.29) is 5.97 Å². The van der Waals surface area contributed by atoms with Crippen molar-refractivity contribution in [2.75, 3.05) is 45.2 Å². The van der Waals surface area contributed by atoms with Crippen LogP contribution in [-0.4, -0.2) is 56.2 Å². The van der Waals surface area contributed by atoms with E-state index in [4.69, 9.17) is 4.74 Å². The summed E-state index contributed by atoms with van der Waals surface area (Å²) in [7, 11) is 3.50. The summed E-state index contributed by atoms with van der Waals surface area (Å²) >= 11 is 0. The van der Waals surface area contributed by atoms with Gasteiger partial charge < -0.3 is 19.5 Å². The molecule has 3 aromatic rings. The molecule has 6 heteroatoms. The summed E-state index contributed by atoms with van der Waals surface area (Å²) in [6, 6.07) is 17.8. The quantitative estimate of drug-likeness (QED) is 0.675. The highest BCUT2D eigenvalue weighted by atomic mass is 16.5. The number of esters is 1. The van der Waals surface area contributed by atoms with Gasteiger partial charge in [0, 0.05) is 38.1 Å². The Morgan fingerprint density at radius 2 is 1.70 bits per heavy atom. The molecule has 1 fully saturated rings. The smallest absolute Gasteiger partial charge is 0.337 e. The molecule has 2 aromatic carbocycles. The largest absolute Gasteiger partial charge is 0.465 e. The Kier molecular flexibility index (Phi) is 5.55. The lowest BCUT2D eigenvalue weighted by molar-refractivity contribution is 0.0601. The number of nitriles is 1. The van der Waals surface area contributed by atoms with Crippen LogP contribution in [0.2, 0.25) is 0 Å². The van der Waals surface area contributed by atoms with Crippen LogP contribution in [0.5, 0.6) is 0 Å². The zero-order chi connectivity index (χ0) is 21.1. The Balaban J connectivity index is 1.57. The van der Waals surface area contributed by atoms with Gasteiger partial charge in [0.05, 0.1) is 23.9 Å². The second-order valence-corrected chi connectivity index (χ2v) is 7.51. The summed E-state index contributed by atoms with van der Waals surface area (Å²) in [4.78, 5) is 19.5. The molecule has 0 spiro atoms. The predicted molar refractivity (Wildman–Crippen MR) is 117 cm³/mol. The van der Waals surface area contributed by atoms with Gasteiger partial charge in [0.1, 0.15) is 6.07 Å². The normalized spacial score (nSPS) is 14.4. The van der Waals surface area contributed by atoms with Gasteiger partial charge in [-0.2, -0.15) is 5.26 Å². The molecule has 1 aromatic heterocycles. The molecule has 0 aliphatic carbocycles. The van der Waals surface area contributed by atoms with Gasteiger partial charge in [0.2, 0.25) is 0 Å². The van der Waals surface area contributed by atoms with E-state index < -0.39 is 0 Å². The lowest BCUT2D eigenvalue weighted by Crippen LogP contribution is -2.44. The molecule has 1 saturated heterocycles. The summed E-state index contributed by atoms with van der Waals surface area (Å²) in [5, 5.41) is 9.71. The van der Waals surface area contributed by atoms with Crippen LogP contribution in [0.15, 0.2) is 54.7 Å². The van der Waals surface area contributed by atoms with Gasteiger partial charge >= 0.3 is 5.97 Å². The van der Waals surface area contributed by atoms with E-state index in [0.29, 0.717) is 11.1 Å². The maximum absolute atomic E-state index is 11.6. The second kappa shape index (κ2) is 8.44. The van der Waals surface area contributed by atoms with E-state index in [0.717, 1.165) is 54.3 Å². The number of carbonyl (C=O) groups excluding carboxylic acids is 1. The minimum absolute atomic E-state index is 0.346. The van der Waals surface area contributed by atoms with Crippen molar-refractivity contribution in [1.82, 2.24) is 9.88 Å². The highest BCUT2D eigenvalue weighted by Gasteiger charge is 2.18. The predicted octanol–water partition coefficient (Wildman–Crippen LogP) is 3.76. The van der Waals surface area contributed by atoms with Crippen molar-refractivity contribution < 1.29 is 9.53 Å². The zero-order valence-electron chi connectivity index (χ0n) is 17.2. The number of carbonyl (C=O) groups is 1. The van der Waals surface area contributed by atoms with Crippen molar-refractivity contribution in [3.8, 4) is 28.5 Å². The number of anilines is 1. The third-order valence-electron chi connectivity index (χ3n) is 5.59. The van der Waals surface area contributed by atoms with E-state index in [1.54, 1.807) is 12.1 Å². The maximum Gasteiger partial charge on any atom is 0.337 e. The summed E-state index contributed by atoms with van der Waals surface area (Å²) in [6.45, 7) is 3.86. The number of piperazine rings is 1. The zero-order valence-corrected chi connectivity index (χ0v) is 17.2. The number of H-pyrrole nitrogens is 1. The number of benzene rings is 2. The van der Waals surface area contributed by atoms with Gasteiger partial charge in [-0.15, -0.1) is 0 Å². The van der Waals surface area contributed by atoms with E-state index in [9.17, 15) is 10.1 Å². The third-order valence-corrected chi connectivity index (χ3v) is 5.59. The molecule has 30 heavy (non-hydrogen) atoms. The van der Waals surface area contributed by atoms with Crippen LogP contribution in [-0.2, 0) is 4.74 Å². The molecular weight excluding hydrogens is 376 g/mol. The average molecular weight is 400 g/mol. The van der Waals surface area contributed by atoms with Crippen LogP contribution in [0.1, 0.15) is 15.9 Å². The fraction of sp³-hybridized carbons (Fsp3) is 0.250. The first-order valence-corrected chi connectivity index (χ1v) is 9.94. The van der Waals surface area contributed by atoms with Crippen LogP contribution in [0, 0.1) is 11.3 Å². The Morgan fingerprint density at radius 1 is 1.00 bits per heavy atom. The van der Waals surface area contributed by atoms with Gasteiger partial charge in [-0.25, -0.2) is 4.79 Å². The molecule has 1 aliphatic rings. The van der Waals surface area contributed by atoms with Gasteiger partial charge in [-0.3, -0.25) is 0 Å². The number of nitrogens with zero attached hydrogens (tertiary/aromatic N) is 3. The maximum atomic E-state index is 11.6. The van der Waals surface area contributed by atoms with E-state index >= 15 is 0 Å². The highest BCUT2D eigenvalue weighted by molar-refractivity contribution is 5.90. The number of hydrogen-bond acceptors (Lipinski definition) is 5. The average Bonchev–Trinajstić information content (AvgIpc) is 3.29. The minimum Gasteiger partial charge on any atom is -0.465 e. The van der Waals surface area contributed by atoms with Crippen molar-refractivity contribution in [3.63, 3.8) is 0 Å². The van der Waals surface area contributed by atoms with Crippen molar-refractivity contribution in [2.45, 2.75) is 0 Å². The van der Waals surface area contributed by atoms with E-state index in [1.165, 1.54) is 7.11 Å². The standard InChI is InChI=1S/C24H24N4O2/c1-27-9-11-28(12-10-27)23-8-7-19(13-20(23)15-25)22-14-21(16-26-22)17-3-5-18(6-4-17)24(29)30-2/h3-8,13-14,16,26H,9-12H2,1-2H3. The summed E-state index contributed by atoms with van der Waals surface area (Å²) < 4.78 is 4.75. The number of aromatic amines is 1. The Morgan fingerprint density at radius 3 is 2.37 bits per heavy atom. The lowest BCUT2D eigenvalue weighted by atomic mass is 10.0. The first-order chi connectivity index (χ1) is 14.6. The van der Waals surface area contributed by atoms with Gasteiger partial charge in [-0.1, -0.05) is 18.2 Å². The number of methoxy groups -OCH3 is 1. The molecular formula is C24H24N4O2. The number of hydrogen-bond donors (Lipinski definition) is 1. The fourth-order valence-corrected chi connectivity index (χ4v) is 3.76. The molecule has 0 bridgehead atoms. The minimum atomic E-state index is -0.346. The number of ether oxygens (including phenoxy) is 1. The number of aromatic nitrogens is 1. The molecule has 152 valence electrons. The summed E-state index contributed by atoms with van der Waals surface area (Å²) in [5.74, 6) is -0.346. The molecule has 0 radical (unpaired) electrons. The molecule has 0 atom stereocenters. The van der Waals surface area contributed by atoms with E-state index in [2.05, 4.69) is 40.0 Å². The van der Waals surface area contributed by atoms with Gasteiger partial charge in [-0.05, 0) is 54.1 Å². The van der Waals surface area contributed by atoms with Crippen LogP contribution < -0.4 is 4.90 Å². The molecule has 0 saturated carbocycles. The first-order valence-electron chi connectivity index (χ1n) is 9.94. The number of nitrogens with one attached hydrogen (secondary N) is 1. The second-order valence-electron chi connectivity index (χ2n) is 7.51. The van der Waals surface area contributed by atoms with Gasteiger partial charge in [0.25, 0.3) is 0 Å². The SMILES string of the molecule is COC(=O)c1ccc(-c2c[nH]c(-c3ccc(N4CCN(C)CC4)c(C#N)c3)c2)cc1. The molecule has 0 unspecified atom stereocenters. The van der Waals surface area contributed by atoms with Crippen molar-refractivity contribution >= 4 is 11.7 Å². The first kappa shape index (κ1) is 19.7. The molecule has 6 nitrogen and oxygen atoms in total. The molecule has 1 aliphatic heterocycles. The fourth-order valence-electron chi connectivity index (χ4n) is 3.76. The van der Waals surface area contributed by atoms with Crippen LogP contribution in [0.3, 0.4) is 0 Å². The van der Waals surface area contributed by atoms with Crippen LogP contribution >= 0.6 is 0 Å². The van der Waals surface area contributed by atoms with E-state index in [1.807, 2.05) is 30.5 Å². The van der Waals surface area contributed by atoms with Crippen molar-refractivity contribution in [1.29, 1.82) is 5.26 Å². The summed E-state index contributed by atoms with van der Waals surface area (Å²) in [5.41, 5.74) is 6.15. The number of likely N-dealkylation sites (N-methyl/N-ethyl adjacent to an activating group) is 1. The molecule has 1 N–H and O–H groups in total. The monoisotopic (exact) mass is 400 g/mol. The molecule has 2 heterocycles. The third kappa shape index (κ3) is 3.93. The van der Waals surface area contributed by atoms with Gasteiger partial charge in [0.15, 0.2) is 0 Å². The highest BCUT2D eigenvalue weighted by Crippen LogP contribution is 2.30. The van der Waals surface area contributed by atoms with Crippen molar-refractivity contribution in [2.24, 2.45) is 0 Å². The Hall–Kier alpha value is -3.56.